The summed E-state index contributed by atoms with van der Waals surface area (Å²) in [5, 5.41) is 18.9. The molecule has 3 N–H and O–H groups in total. The number of hydrogen-bond acceptors (Lipinski definition) is 7. The molecule has 0 atom stereocenters. The fraction of sp³-hybridized carbons (Fsp3) is 0.200. The Hall–Kier alpha value is -4.09. The van der Waals surface area contributed by atoms with Crippen LogP contribution in [0.3, 0.4) is 0 Å². The summed E-state index contributed by atoms with van der Waals surface area (Å²) >= 11 is 5.96. The summed E-state index contributed by atoms with van der Waals surface area (Å²) in [4.78, 5) is 20.9. The van der Waals surface area contributed by atoms with Crippen LogP contribution < -0.4 is 20.7 Å². The van der Waals surface area contributed by atoms with Crippen molar-refractivity contribution < 1.29 is 9.53 Å². The molecular formula is C25H25ClN6O2. The highest BCUT2D eigenvalue weighted by Gasteiger charge is 2.09. The van der Waals surface area contributed by atoms with Gasteiger partial charge in [0, 0.05) is 30.3 Å². The molecule has 174 valence electrons. The van der Waals surface area contributed by atoms with E-state index in [0.717, 1.165) is 12.0 Å². The fourth-order valence-electron chi connectivity index (χ4n) is 2.87. The van der Waals surface area contributed by atoms with Gasteiger partial charge in [0.05, 0.1) is 5.69 Å². The van der Waals surface area contributed by atoms with E-state index in [1.165, 1.54) is 6.08 Å². The largest absolute Gasteiger partial charge is 0.437 e. The lowest BCUT2D eigenvalue weighted by molar-refractivity contribution is -0.116. The van der Waals surface area contributed by atoms with E-state index in [0.29, 0.717) is 47.1 Å². The van der Waals surface area contributed by atoms with Crippen LogP contribution in [0.15, 0.2) is 66.5 Å². The second-order valence-corrected chi connectivity index (χ2v) is 7.75. The van der Waals surface area contributed by atoms with Gasteiger partial charge in [-0.25, -0.2) is 9.97 Å². The molecule has 0 fully saturated rings. The van der Waals surface area contributed by atoms with Gasteiger partial charge in [-0.05, 0) is 49.2 Å². The maximum absolute atomic E-state index is 12.3. The smallest absolute Gasteiger partial charge is 0.247 e. The zero-order valence-corrected chi connectivity index (χ0v) is 19.7. The number of benzene rings is 1. The van der Waals surface area contributed by atoms with E-state index in [-0.39, 0.29) is 11.6 Å². The highest BCUT2D eigenvalue weighted by Crippen LogP contribution is 2.24. The van der Waals surface area contributed by atoms with Crippen LogP contribution in [-0.2, 0) is 11.3 Å². The number of pyridine rings is 2. The van der Waals surface area contributed by atoms with Crippen LogP contribution in [0.1, 0.15) is 30.3 Å². The van der Waals surface area contributed by atoms with Gasteiger partial charge < -0.3 is 20.7 Å². The van der Waals surface area contributed by atoms with Crippen LogP contribution in [0.2, 0.25) is 5.02 Å². The second-order valence-electron chi connectivity index (χ2n) is 7.31. The number of anilines is 1. The highest BCUT2D eigenvalue weighted by atomic mass is 35.5. The van der Waals surface area contributed by atoms with Gasteiger partial charge in [-0.3, -0.25) is 4.79 Å². The van der Waals surface area contributed by atoms with E-state index in [1.54, 1.807) is 37.3 Å². The summed E-state index contributed by atoms with van der Waals surface area (Å²) in [5.74, 6) is 1.62. The lowest BCUT2D eigenvalue weighted by Gasteiger charge is -2.15. The van der Waals surface area contributed by atoms with Crippen LogP contribution in [0.5, 0.6) is 11.6 Å². The molecule has 0 saturated heterocycles. The minimum Gasteiger partial charge on any atom is -0.437 e. The SMILES string of the molecule is CCCNC(=O)/C=C(\NCc1ccc(Cl)cc1)Nc1ccc(Oc2cccc(C#N)n2)c(C)n1. The van der Waals surface area contributed by atoms with Crippen LogP contribution in [0.25, 0.3) is 0 Å². The average Bonchev–Trinajstić information content (AvgIpc) is 2.84. The molecule has 9 heteroatoms. The van der Waals surface area contributed by atoms with Gasteiger partial charge in [-0.15, -0.1) is 0 Å². The Balaban J connectivity index is 1.74. The van der Waals surface area contributed by atoms with Crippen molar-refractivity contribution in [3.63, 3.8) is 0 Å². The zero-order valence-electron chi connectivity index (χ0n) is 18.9. The van der Waals surface area contributed by atoms with Crippen LogP contribution in [0, 0.1) is 18.3 Å². The second kappa shape index (κ2) is 12.2. The molecule has 8 nitrogen and oxygen atoms in total. The molecule has 1 aromatic carbocycles. The summed E-state index contributed by atoms with van der Waals surface area (Å²) in [6.07, 6.45) is 2.30. The van der Waals surface area contributed by atoms with Crippen LogP contribution in [0.4, 0.5) is 5.82 Å². The third-order valence-electron chi connectivity index (χ3n) is 4.57. The maximum Gasteiger partial charge on any atom is 0.247 e. The minimum atomic E-state index is -0.215. The van der Waals surface area contributed by atoms with Crippen molar-refractivity contribution in [2.75, 3.05) is 11.9 Å². The Morgan fingerprint density at radius 1 is 1.12 bits per heavy atom. The molecule has 0 aliphatic heterocycles. The van der Waals surface area contributed by atoms with Crippen molar-refractivity contribution in [3.05, 3.63) is 88.5 Å². The number of nitriles is 1. The molecule has 0 unspecified atom stereocenters. The predicted molar refractivity (Wildman–Crippen MR) is 131 cm³/mol. The summed E-state index contributed by atoms with van der Waals surface area (Å²) in [6, 6.07) is 17.9. The number of nitrogens with zero attached hydrogens (tertiary/aromatic N) is 3. The number of carbonyl (C=O) groups excluding carboxylic acids is 1. The van der Waals surface area contributed by atoms with Gasteiger partial charge >= 0.3 is 0 Å². The standard InChI is InChI=1S/C25H25ClN6O2/c1-3-13-28-24(33)14-23(29-16-18-7-9-19(26)10-8-18)32-22-12-11-21(17(2)30-22)34-25-6-4-5-20(15-27)31-25/h4-12,14,29H,3,13,16H2,1-2H3,(H,28,33)(H,30,32)/b23-14+. The molecule has 0 saturated carbocycles. The summed E-state index contributed by atoms with van der Waals surface area (Å²) in [6.45, 7) is 4.86. The normalized spacial score (nSPS) is 10.8. The monoisotopic (exact) mass is 476 g/mol. The fourth-order valence-corrected chi connectivity index (χ4v) is 3.00. The quantitative estimate of drug-likeness (QED) is 0.364. The van der Waals surface area contributed by atoms with E-state index in [1.807, 2.05) is 37.3 Å². The third kappa shape index (κ3) is 7.50. The minimum absolute atomic E-state index is 0.215. The van der Waals surface area contributed by atoms with E-state index in [9.17, 15) is 4.79 Å². The average molecular weight is 477 g/mol. The number of rotatable bonds is 10. The van der Waals surface area contributed by atoms with Crippen LogP contribution >= 0.6 is 11.6 Å². The zero-order chi connectivity index (χ0) is 24.3. The molecule has 3 aromatic rings. The first-order chi connectivity index (χ1) is 16.5. The number of ether oxygens (including phenoxy) is 1. The van der Waals surface area contributed by atoms with Crippen molar-refractivity contribution >= 4 is 23.3 Å². The topological polar surface area (TPSA) is 112 Å². The van der Waals surface area contributed by atoms with Crippen molar-refractivity contribution in [1.82, 2.24) is 20.6 Å². The number of halogens is 1. The van der Waals surface area contributed by atoms with E-state index < -0.39 is 0 Å². The number of hydrogen-bond donors (Lipinski definition) is 3. The summed E-state index contributed by atoms with van der Waals surface area (Å²) in [7, 11) is 0. The third-order valence-corrected chi connectivity index (χ3v) is 4.83. The highest BCUT2D eigenvalue weighted by molar-refractivity contribution is 6.30. The molecule has 1 amide bonds. The van der Waals surface area contributed by atoms with Gasteiger partial charge in [-0.2, -0.15) is 5.26 Å². The Morgan fingerprint density at radius 3 is 2.62 bits per heavy atom. The number of amides is 1. The van der Waals surface area contributed by atoms with Gasteiger partial charge in [0.1, 0.15) is 23.4 Å². The van der Waals surface area contributed by atoms with E-state index >= 15 is 0 Å². The number of aromatic nitrogens is 2. The number of carbonyl (C=O) groups is 1. The van der Waals surface area contributed by atoms with Gasteiger partial charge in [-0.1, -0.05) is 36.7 Å². The van der Waals surface area contributed by atoms with Gasteiger partial charge in [0.15, 0.2) is 5.75 Å². The van der Waals surface area contributed by atoms with Crippen molar-refractivity contribution in [2.24, 2.45) is 0 Å². The number of aryl methyl sites for hydroxylation is 1. The maximum atomic E-state index is 12.3. The lowest BCUT2D eigenvalue weighted by atomic mass is 10.2. The molecule has 2 heterocycles. The predicted octanol–water partition coefficient (Wildman–Crippen LogP) is 4.67. The molecule has 2 aromatic heterocycles. The molecule has 0 aliphatic rings. The molecule has 0 aliphatic carbocycles. The molecular weight excluding hydrogens is 452 g/mol. The van der Waals surface area contributed by atoms with E-state index in [4.69, 9.17) is 21.6 Å². The molecule has 0 spiro atoms. The summed E-state index contributed by atoms with van der Waals surface area (Å²) < 4.78 is 5.78. The van der Waals surface area contributed by atoms with Gasteiger partial charge in [0.25, 0.3) is 0 Å². The Kier molecular flexibility index (Phi) is 8.83. The van der Waals surface area contributed by atoms with Crippen molar-refractivity contribution in [2.45, 2.75) is 26.8 Å². The van der Waals surface area contributed by atoms with Gasteiger partial charge in [0.2, 0.25) is 11.8 Å². The van der Waals surface area contributed by atoms with Crippen molar-refractivity contribution in [3.8, 4) is 17.7 Å². The first-order valence-corrected chi connectivity index (χ1v) is 11.1. The first kappa shape index (κ1) is 24.6. The molecule has 0 bridgehead atoms. The molecule has 0 radical (unpaired) electrons. The van der Waals surface area contributed by atoms with Crippen molar-refractivity contribution in [1.29, 1.82) is 5.26 Å². The Bertz CT molecular complexity index is 1200. The molecule has 3 rings (SSSR count). The number of nitrogens with one attached hydrogen (secondary N) is 3. The summed E-state index contributed by atoms with van der Waals surface area (Å²) in [5.41, 5.74) is 1.89. The van der Waals surface area contributed by atoms with Crippen LogP contribution in [-0.4, -0.2) is 22.4 Å². The first-order valence-electron chi connectivity index (χ1n) is 10.7. The van der Waals surface area contributed by atoms with E-state index in [2.05, 4.69) is 25.9 Å². The Morgan fingerprint density at radius 2 is 1.91 bits per heavy atom. The Labute approximate surface area is 203 Å². The molecule has 34 heavy (non-hydrogen) atoms. The lowest BCUT2D eigenvalue weighted by Crippen LogP contribution is -2.26.